The van der Waals surface area contributed by atoms with Gasteiger partial charge >= 0.3 is 0 Å². The van der Waals surface area contributed by atoms with E-state index >= 15 is 0 Å². The van der Waals surface area contributed by atoms with Crippen molar-refractivity contribution in [2.75, 3.05) is 23.9 Å². The molecule has 0 aliphatic rings. The number of fused-ring (bicyclic) bond motifs is 1. The SMILES string of the molecule is CS(=O)(=O)c1cccc(-n2c(CCNc3ncnc(N)c3C#N)nc3ccc(F)cc32)c1. The van der Waals surface area contributed by atoms with Gasteiger partial charge in [-0.05, 0) is 30.3 Å². The number of anilines is 2. The third-order valence-electron chi connectivity index (χ3n) is 4.82. The number of benzene rings is 2. The van der Waals surface area contributed by atoms with E-state index in [0.717, 1.165) is 6.26 Å². The Balaban J connectivity index is 1.73. The lowest BCUT2D eigenvalue weighted by molar-refractivity contribution is 0.601. The lowest BCUT2D eigenvalue weighted by atomic mass is 10.2. The van der Waals surface area contributed by atoms with E-state index < -0.39 is 15.7 Å². The molecule has 0 fully saturated rings. The predicted octanol–water partition coefficient (Wildman–Crippen LogP) is 2.47. The highest BCUT2D eigenvalue weighted by molar-refractivity contribution is 7.90. The highest BCUT2D eigenvalue weighted by Gasteiger charge is 2.16. The number of sulfone groups is 1. The number of hydrogen-bond acceptors (Lipinski definition) is 8. The molecule has 3 N–H and O–H groups in total. The molecule has 0 unspecified atom stereocenters. The summed E-state index contributed by atoms with van der Waals surface area (Å²) in [6.07, 6.45) is 2.75. The third kappa shape index (κ3) is 4.08. The highest BCUT2D eigenvalue weighted by Crippen LogP contribution is 2.25. The van der Waals surface area contributed by atoms with E-state index in [-0.39, 0.29) is 16.3 Å². The molecule has 162 valence electrons. The Bertz CT molecular complexity index is 1480. The third-order valence-corrected chi connectivity index (χ3v) is 5.93. The fourth-order valence-corrected chi connectivity index (χ4v) is 4.00. The minimum absolute atomic E-state index is 0.0744. The Morgan fingerprint density at radius 1 is 1.22 bits per heavy atom. The number of nitrogen functional groups attached to an aromatic ring is 1. The maximum atomic E-state index is 14.0. The molecule has 0 saturated carbocycles. The smallest absolute Gasteiger partial charge is 0.175 e. The summed E-state index contributed by atoms with van der Waals surface area (Å²) in [6, 6.07) is 12.6. The summed E-state index contributed by atoms with van der Waals surface area (Å²) >= 11 is 0. The van der Waals surface area contributed by atoms with Crippen molar-refractivity contribution in [1.82, 2.24) is 19.5 Å². The van der Waals surface area contributed by atoms with Crippen LogP contribution in [-0.4, -0.2) is 40.7 Å². The molecular weight excluding hydrogens is 433 g/mol. The van der Waals surface area contributed by atoms with Crippen molar-refractivity contribution in [3.63, 3.8) is 0 Å². The van der Waals surface area contributed by atoms with Gasteiger partial charge in [-0.25, -0.2) is 27.8 Å². The molecule has 4 rings (SSSR count). The van der Waals surface area contributed by atoms with Crippen LogP contribution in [0.1, 0.15) is 11.4 Å². The van der Waals surface area contributed by atoms with Gasteiger partial charge in [0, 0.05) is 31.0 Å². The topological polar surface area (TPSA) is 140 Å². The largest absolute Gasteiger partial charge is 0.382 e. The van der Waals surface area contributed by atoms with E-state index in [9.17, 15) is 18.1 Å². The van der Waals surface area contributed by atoms with E-state index in [0.29, 0.717) is 41.3 Å². The monoisotopic (exact) mass is 451 g/mol. The van der Waals surface area contributed by atoms with Gasteiger partial charge in [0.25, 0.3) is 0 Å². The zero-order valence-corrected chi connectivity index (χ0v) is 17.8. The van der Waals surface area contributed by atoms with Gasteiger partial charge in [0.05, 0.1) is 15.9 Å². The van der Waals surface area contributed by atoms with Crippen molar-refractivity contribution >= 4 is 32.5 Å². The van der Waals surface area contributed by atoms with Crippen LogP contribution in [-0.2, 0) is 16.3 Å². The van der Waals surface area contributed by atoms with E-state index in [1.807, 2.05) is 6.07 Å². The van der Waals surface area contributed by atoms with Crippen LogP contribution in [0.4, 0.5) is 16.0 Å². The molecule has 2 heterocycles. The van der Waals surface area contributed by atoms with Gasteiger partial charge < -0.3 is 11.1 Å². The minimum atomic E-state index is -3.43. The van der Waals surface area contributed by atoms with Crippen LogP contribution in [0, 0.1) is 17.1 Å². The molecule has 0 aliphatic carbocycles. The van der Waals surface area contributed by atoms with Gasteiger partial charge in [-0.15, -0.1) is 0 Å². The number of rotatable bonds is 6. The molecule has 2 aromatic heterocycles. The van der Waals surface area contributed by atoms with E-state index in [1.54, 1.807) is 22.8 Å². The van der Waals surface area contributed by atoms with Crippen LogP contribution in [0.15, 0.2) is 53.7 Å². The predicted molar refractivity (Wildman–Crippen MR) is 117 cm³/mol. The zero-order valence-electron chi connectivity index (χ0n) is 16.9. The number of nitrogens with two attached hydrogens (primary N) is 1. The normalized spacial score (nSPS) is 11.4. The number of nitrogens with one attached hydrogen (secondary N) is 1. The Morgan fingerprint density at radius 2 is 2.03 bits per heavy atom. The van der Waals surface area contributed by atoms with Crippen LogP contribution in [0.5, 0.6) is 0 Å². The first-order valence-corrected chi connectivity index (χ1v) is 11.4. The molecule has 0 atom stereocenters. The van der Waals surface area contributed by atoms with Gasteiger partial charge in [-0.1, -0.05) is 6.07 Å². The molecule has 0 bridgehead atoms. The van der Waals surface area contributed by atoms with Crippen molar-refractivity contribution in [1.29, 1.82) is 5.26 Å². The lowest BCUT2D eigenvalue weighted by Crippen LogP contribution is -2.12. The van der Waals surface area contributed by atoms with Gasteiger partial charge in [-0.3, -0.25) is 4.57 Å². The average Bonchev–Trinajstić information content (AvgIpc) is 3.10. The van der Waals surface area contributed by atoms with E-state index in [1.165, 1.54) is 30.6 Å². The molecule has 0 spiro atoms. The second-order valence-corrected chi connectivity index (χ2v) is 9.05. The molecule has 9 nitrogen and oxygen atoms in total. The molecule has 0 aliphatic heterocycles. The molecular formula is C21H18FN7O2S. The average molecular weight is 451 g/mol. The highest BCUT2D eigenvalue weighted by atomic mass is 32.2. The Labute approximate surface area is 183 Å². The Kier molecular flexibility index (Phi) is 5.46. The second kappa shape index (κ2) is 8.24. The summed E-state index contributed by atoms with van der Waals surface area (Å²) in [5, 5.41) is 12.3. The number of nitriles is 1. The Morgan fingerprint density at radius 3 is 2.78 bits per heavy atom. The number of nitrogens with zero attached hydrogens (tertiary/aromatic N) is 5. The van der Waals surface area contributed by atoms with Crippen molar-refractivity contribution in [2.45, 2.75) is 11.3 Å². The van der Waals surface area contributed by atoms with Crippen LogP contribution >= 0.6 is 0 Å². The molecule has 0 radical (unpaired) electrons. The van der Waals surface area contributed by atoms with Crippen molar-refractivity contribution in [2.24, 2.45) is 0 Å². The molecule has 32 heavy (non-hydrogen) atoms. The van der Waals surface area contributed by atoms with Gasteiger partial charge in [-0.2, -0.15) is 5.26 Å². The molecule has 4 aromatic rings. The van der Waals surface area contributed by atoms with Crippen molar-refractivity contribution in [3.8, 4) is 11.8 Å². The van der Waals surface area contributed by atoms with Crippen LogP contribution in [0.3, 0.4) is 0 Å². The van der Waals surface area contributed by atoms with Crippen molar-refractivity contribution < 1.29 is 12.8 Å². The summed E-state index contributed by atoms with van der Waals surface area (Å²) < 4.78 is 39.8. The quantitative estimate of drug-likeness (QED) is 0.456. The minimum Gasteiger partial charge on any atom is -0.382 e. The van der Waals surface area contributed by atoms with Crippen LogP contribution < -0.4 is 11.1 Å². The van der Waals surface area contributed by atoms with Crippen LogP contribution in [0.2, 0.25) is 0 Å². The standard InChI is InChI=1S/C21H18FN7O2S/c1-32(30,31)15-4-2-3-14(10-15)29-18-9-13(22)5-6-17(18)28-19(29)7-8-25-21-16(11-23)20(24)26-12-27-21/h2-6,9-10,12H,7-8H2,1H3,(H3,24,25,26,27). The first-order chi connectivity index (χ1) is 15.3. The van der Waals surface area contributed by atoms with Gasteiger partial charge in [0.15, 0.2) is 9.84 Å². The zero-order chi connectivity index (χ0) is 22.9. The van der Waals surface area contributed by atoms with Crippen LogP contribution in [0.25, 0.3) is 16.7 Å². The summed E-state index contributed by atoms with van der Waals surface area (Å²) in [4.78, 5) is 12.6. The summed E-state index contributed by atoms with van der Waals surface area (Å²) in [6.45, 7) is 0.336. The number of imidazole rings is 1. The fourth-order valence-electron chi connectivity index (χ4n) is 3.34. The summed E-state index contributed by atoms with van der Waals surface area (Å²) in [7, 11) is -3.43. The molecule has 0 saturated heterocycles. The maximum absolute atomic E-state index is 14.0. The first-order valence-electron chi connectivity index (χ1n) is 9.50. The Hall–Kier alpha value is -4.04. The maximum Gasteiger partial charge on any atom is 0.175 e. The molecule has 0 amide bonds. The fraction of sp³-hybridized carbons (Fsp3) is 0.143. The summed E-state index contributed by atoms with van der Waals surface area (Å²) in [5.41, 5.74) is 7.47. The van der Waals surface area contributed by atoms with Crippen molar-refractivity contribution in [3.05, 3.63) is 66.0 Å². The number of aromatic nitrogens is 4. The van der Waals surface area contributed by atoms with Gasteiger partial charge in [0.1, 0.15) is 41.2 Å². The number of halogens is 1. The molecule has 2 aromatic carbocycles. The van der Waals surface area contributed by atoms with E-state index in [2.05, 4.69) is 20.3 Å². The van der Waals surface area contributed by atoms with E-state index in [4.69, 9.17) is 5.73 Å². The molecule has 11 heteroatoms. The first kappa shape index (κ1) is 21.2. The number of hydrogen-bond donors (Lipinski definition) is 2. The van der Waals surface area contributed by atoms with Gasteiger partial charge in [0.2, 0.25) is 0 Å². The second-order valence-electron chi connectivity index (χ2n) is 7.04. The summed E-state index contributed by atoms with van der Waals surface area (Å²) in [5.74, 6) is 0.514. The lowest BCUT2D eigenvalue weighted by Gasteiger charge is -2.12.